The monoisotopic (exact) mass is 221 g/mol. The van der Waals surface area contributed by atoms with Crippen LogP contribution in [0.1, 0.15) is 6.42 Å². The van der Waals surface area contributed by atoms with Crippen molar-refractivity contribution in [3.63, 3.8) is 0 Å². The van der Waals surface area contributed by atoms with Gasteiger partial charge in [-0.3, -0.25) is 4.90 Å². The van der Waals surface area contributed by atoms with Crippen LogP contribution in [0.2, 0.25) is 0 Å². The van der Waals surface area contributed by atoms with E-state index in [0.29, 0.717) is 6.10 Å². The Hall–Kier alpha value is -1.06. The summed E-state index contributed by atoms with van der Waals surface area (Å²) in [6.07, 6.45) is 1.55. The average Bonchev–Trinajstić information content (AvgIpc) is 2.78. The molecule has 1 fully saturated rings. The first kappa shape index (κ1) is 11.4. The lowest BCUT2D eigenvalue weighted by Gasteiger charge is -2.15. The summed E-state index contributed by atoms with van der Waals surface area (Å²) in [5.74, 6) is 0.949. The molecule has 1 aromatic carbocycles. The summed E-state index contributed by atoms with van der Waals surface area (Å²) in [5, 5.41) is 0. The summed E-state index contributed by atoms with van der Waals surface area (Å²) >= 11 is 0. The van der Waals surface area contributed by atoms with Crippen molar-refractivity contribution in [2.75, 3.05) is 33.4 Å². The van der Waals surface area contributed by atoms with Gasteiger partial charge in [-0.25, -0.2) is 0 Å². The van der Waals surface area contributed by atoms with Gasteiger partial charge in [-0.15, -0.1) is 0 Å². The number of likely N-dealkylation sites (tertiary alicyclic amines) is 1. The number of benzene rings is 1. The zero-order valence-electron chi connectivity index (χ0n) is 9.76. The SMILES string of the molecule is CO[C@@H]1CCN(CCOc2ccccc2)C1. The Kier molecular flexibility index (Phi) is 4.19. The van der Waals surface area contributed by atoms with Crippen molar-refractivity contribution in [1.29, 1.82) is 0 Å². The van der Waals surface area contributed by atoms with Crippen LogP contribution in [0.5, 0.6) is 5.75 Å². The van der Waals surface area contributed by atoms with E-state index in [1.54, 1.807) is 7.11 Å². The van der Waals surface area contributed by atoms with Crippen molar-refractivity contribution < 1.29 is 9.47 Å². The predicted octanol–water partition coefficient (Wildman–Crippen LogP) is 1.79. The van der Waals surface area contributed by atoms with Crippen LogP contribution >= 0.6 is 0 Å². The Morgan fingerprint density at radius 2 is 2.12 bits per heavy atom. The van der Waals surface area contributed by atoms with Crippen molar-refractivity contribution in [2.24, 2.45) is 0 Å². The van der Waals surface area contributed by atoms with E-state index >= 15 is 0 Å². The molecule has 0 spiro atoms. The van der Waals surface area contributed by atoms with Crippen molar-refractivity contribution in [2.45, 2.75) is 12.5 Å². The molecule has 1 atom stereocenters. The van der Waals surface area contributed by atoms with Crippen LogP contribution in [0.25, 0.3) is 0 Å². The number of methoxy groups -OCH3 is 1. The maximum atomic E-state index is 5.65. The molecule has 0 saturated carbocycles. The molecular weight excluding hydrogens is 202 g/mol. The molecule has 0 amide bonds. The molecule has 1 aromatic rings. The topological polar surface area (TPSA) is 21.7 Å². The second-order valence-corrected chi connectivity index (χ2v) is 4.11. The fourth-order valence-corrected chi connectivity index (χ4v) is 2.00. The molecule has 0 bridgehead atoms. The van der Waals surface area contributed by atoms with E-state index in [2.05, 4.69) is 4.90 Å². The van der Waals surface area contributed by atoms with Gasteiger partial charge >= 0.3 is 0 Å². The first-order valence-corrected chi connectivity index (χ1v) is 5.81. The van der Waals surface area contributed by atoms with Crippen LogP contribution < -0.4 is 4.74 Å². The molecule has 1 aliphatic heterocycles. The van der Waals surface area contributed by atoms with Gasteiger partial charge in [0.25, 0.3) is 0 Å². The Balaban J connectivity index is 1.65. The largest absolute Gasteiger partial charge is 0.492 e. The Morgan fingerprint density at radius 1 is 1.31 bits per heavy atom. The van der Waals surface area contributed by atoms with Gasteiger partial charge in [0.2, 0.25) is 0 Å². The molecule has 0 aromatic heterocycles. The van der Waals surface area contributed by atoms with Crippen molar-refractivity contribution >= 4 is 0 Å². The van der Waals surface area contributed by atoms with Gasteiger partial charge in [0.15, 0.2) is 0 Å². The normalized spacial score (nSPS) is 21.2. The van der Waals surface area contributed by atoms with Crippen LogP contribution in [0, 0.1) is 0 Å². The van der Waals surface area contributed by atoms with Crippen LogP contribution in [0.15, 0.2) is 30.3 Å². The maximum Gasteiger partial charge on any atom is 0.119 e. The zero-order chi connectivity index (χ0) is 11.2. The smallest absolute Gasteiger partial charge is 0.119 e. The Morgan fingerprint density at radius 3 is 2.81 bits per heavy atom. The first-order valence-electron chi connectivity index (χ1n) is 5.81. The lowest BCUT2D eigenvalue weighted by atomic mass is 10.3. The van der Waals surface area contributed by atoms with Crippen LogP contribution in [-0.4, -0.2) is 44.4 Å². The van der Waals surface area contributed by atoms with Gasteiger partial charge in [-0.05, 0) is 18.6 Å². The lowest BCUT2D eigenvalue weighted by Crippen LogP contribution is -2.27. The molecule has 3 heteroatoms. The minimum Gasteiger partial charge on any atom is -0.492 e. The number of hydrogen-bond acceptors (Lipinski definition) is 3. The van der Waals surface area contributed by atoms with Crippen LogP contribution in [0.3, 0.4) is 0 Å². The summed E-state index contributed by atoms with van der Waals surface area (Å²) in [5.41, 5.74) is 0. The van der Waals surface area contributed by atoms with Crippen LogP contribution in [-0.2, 0) is 4.74 Å². The van der Waals surface area contributed by atoms with Gasteiger partial charge in [0.05, 0.1) is 6.10 Å². The number of hydrogen-bond donors (Lipinski definition) is 0. The van der Waals surface area contributed by atoms with E-state index in [-0.39, 0.29) is 0 Å². The van der Waals surface area contributed by atoms with Crippen molar-refractivity contribution in [1.82, 2.24) is 4.90 Å². The lowest BCUT2D eigenvalue weighted by molar-refractivity contribution is 0.106. The summed E-state index contributed by atoms with van der Waals surface area (Å²) in [7, 11) is 1.79. The van der Waals surface area contributed by atoms with E-state index in [9.17, 15) is 0 Å². The molecule has 3 nitrogen and oxygen atoms in total. The quantitative estimate of drug-likeness (QED) is 0.756. The van der Waals surface area contributed by atoms with Crippen molar-refractivity contribution in [3.8, 4) is 5.75 Å². The van der Waals surface area contributed by atoms with Gasteiger partial charge in [-0.2, -0.15) is 0 Å². The first-order chi connectivity index (χ1) is 7.88. The van der Waals surface area contributed by atoms with Gasteiger partial charge < -0.3 is 9.47 Å². The second-order valence-electron chi connectivity index (χ2n) is 4.11. The number of rotatable bonds is 5. The minimum absolute atomic E-state index is 0.414. The third-order valence-electron chi connectivity index (χ3n) is 2.98. The van der Waals surface area contributed by atoms with E-state index in [4.69, 9.17) is 9.47 Å². The summed E-state index contributed by atoms with van der Waals surface area (Å²) in [6, 6.07) is 9.96. The summed E-state index contributed by atoms with van der Waals surface area (Å²) < 4.78 is 11.0. The fourth-order valence-electron chi connectivity index (χ4n) is 2.00. The molecule has 0 radical (unpaired) electrons. The predicted molar refractivity (Wildman–Crippen MR) is 63.8 cm³/mol. The Bertz CT molecular complexity index is 302. The van der Waals surface area contributed by atoms with E-state index in [1.807, 2.05) is 30.3 Å². The molecule has 1 aliphatic rings. The highest BCUT2D eigenvalue weighted by atomic mass is 16.5. The van der Waals surface area contributed by atoms with Crippen LogP contribution in [0.4, 0.5) is 0 Å². The van der Waals surface area contributed by atoms with Gasteiger partial charge in [0.1, 0.15) is 12.4 Å². The number of para-hydroxylation sites is 1. The molecule has 0 aliphatic carbocycles. The van der Waals surface area contributed by atoms with E-state index < -0.39 is 0 Å². The summed E-state index contributed by atoms with van der Waals surface area (Å²) in [4.78, 5) is 2.39. The van der Waals surface area contributed by atoms with Gasteiger partial charge in [-0.1, -0.05) is 18.2 Å². The molecule has 2 rings (SSSR count). The summed E-state index contributed by atoms with van der Waals surface area (Å²) in [6.45, 7) is 3.89. The third kappa shape index (κ3) is 3.22. The second kappa shape index (κ2) is 5.87. The molecular formula is C13H19NO2. The highest BCUT2D eigenvalue weighted by Gasteiger charge is 2.21. The molecule has 0 unspecified atom stereocenters. The average molecular weight is 221 g/mol. The van der Waals surface area contributed by atoms with E-state index in [0.717, 1.165) is 38.4 Å². The molecule has 1 saturated heterocycles. The highest BCUT2D eigenvalue weighted by Crippen LogP contribution is 2.12. The maximum absolute atomic E-state index is 5.65. The number of nitrogens with zero attached hydrogens (tertiary/aromatic N) is 1. The van der Waals surface area contributed by atoms with Gasteiger partial charge in [0, 0.05) is 26.7 Å². The molecule has 1 heterocycles. The van der Waals surface area contributed by atoms with Crippen molar-refractivity contribution in [3.05, 3.63) is 30.3 Å². The standard InChI is InChI=1S/C13H19NO2/c1-15-13-7-8-14(11-13)9-10-16-12-5-3-2-4-6-12/h2-6,13H,7-11H2,1H3/t13-/m1/s1. The Labute approximate surface area is 97.0 Å². The minimum atomic E-state index is 0.414. The highest BCUT2D eigenvalue weighted by molar-refractivity contribution is 5.20. The molecule has 88 valence electrons. The zero-order valence-corrected chi connectivity index (χ0v) is 9.76. The number of ether oxygens (including phenoxy) is 2. The third-order valence-corrected chi connectivity index (χ3v) is 2.98. The molecule has 0 N–H and O–H groups in total. The fraction of sp³-hybridized carbons (Fsp3) is 0.538. The molecule has 16 heavy (non-hydrogen) atoms. The van der Waals surface area contributed by atoms with E-state index in [1.165, 1.54) is 0 Å².